The fourth-order valence-electron chi connectivity index (χ4n) is 9.96. The number of benzene rings is 9. The predicted molar refractivity (Wildman–Crippen MR) is 267 cm³/mol. The monoisotopic (exact) mass is 804 g/mol. The summed E-state index contributed by atoms with van der Waals surface area (Å²) in [5.74, 6) is 0. The molecule has 298 valence electrons. The lowest BCUT2D eigenvalue weighted by Crippen LogP contribution is -2.19. The van der Waals surface area contributed by atoms with Crippen molar-refractivity contribution in [1.82, 2.24) is 9.13 Å². The number of hydrogen-bond donors (Lipinski definition) is 0. The van der Waals surface area contributed by atoms with E-state index in [1.54, 1.807) is 0 Å². The van der Waals surface area contributed by atoms with Crippen molar-refractivity contribution in [3.8, 4) is 55.9 Å². The quantitative estimate of drug-likeness (QED) is 0.152. The average molecular weight is 805 g/mol. The summed E-state index contributed by atoms with van der Waals surface area (Å²) in [6.45, 7) is 2.35. The first-order valence-corrected chi connectivity index (χ1v) is 22.0. The highest BCUT2D eigenvalue weighted by Crippen LogP contribution is 2.42. The van der Waals surface area contributed by atoms with Crippen LogP contribution in [0.2, 0.25) is 0 Å². The van der Waals surface area contributed by atoms with E-state index in [0.29, 0.717) is 0 Å². The zero-order valence-electron chi connectivity index (χ0n) is 35.1. The van der Waals surface area contributed by atoms with Gasteiger partial charge in [-0.1, -0.05) is 177 Å². The lowest BCUT2D eigenvalue weighted by molar-refractivity contribution is 0.600. The van der Waals surface area contributed by atoms with Crippen LogP contribution >= 0.6 is 0 Å². The Morgan fingerprint density at radius 2 is 0.810 bits per heavy atom. The van der Waals surface area contributed by atoms with E-state index in [4.69, 9.17) is 0 Å². The number of hydrogen-bond acceptors (Lipinski definition) is 0. The first-order chi connectivity index (χ1) is 31.1. The molecule has 0 N–H and O–H groups in total. The normalized spacial score (nSPS) is 14.9. The molecule has 0 fully saturated rings. The van der Waals surface area contributed by atoms with Gasteiger partial charge in [-0.15, -0.1) is 0 Å². The van der Waals surface area contributed by atoms with E-state index in [2.05, 4.69) is 253 Å². The third-order valence-electron chi connectivity index (χ3n) is 13.3. The van der Waals surface area contributed by atoms with Gasteiger partial charge in [0.2, 0.25) is 0 Å². The van der Waals surface area contributed by atoms with Crippen molar-refractivity contribution < 1.29 is 0 Å². The van der Waals surface area contributed by atoms with E-state index in [9.17, 15) is 0 Å². The Hall–Kier alpha value is -7.94. The van der Waals surface area contributed by atoms with Gasteiger partial charge in [0.25, 0.3) is 0 Å². The first kappa shape index (κ1) is 36.9. The van der Waals surface area contributed by atoms with Gasteiger partial charge in [0.15, 0.2) is 0 Å². The third-order valence-corrected chi connectivity index (χ3v) is 13.3. The second-order valence-corrected chi connectivity index (χ2v) is 17.2. The van der Waals surface area contributed by atoms with Crippen LogP contribution < -0.4 is 0 Å². The van der Waals surface area contributed by atoms with E-state index in [-0.39, 0.29) is 5.41 Å². The molecular formula is C61H44N2. The molecular weight excluding hydrogens is 761 g/mol. The van der Waals surface area contributed by atoms with Gasteiger partial charge in [-0.3, -0.25) is 0 Å². The van der Waals surface area contributed by atoms with Crippen molar-refractivity contribution in [3.05, 3.63) is 242 Å². The van der Waals surface area contributed by atoms with Gasteiger partial charge >= 0.3 is 0 Å². The number of aromatic nitrogens is 2. The molecule has 1 atom stereocenters. The molecule has 0 saturated heterocycles. The second-order valence-electron chi connectivity index (χ2n) is 17.2. The fraction of sp³-hybridized carbons (Fsp3) is 0.0492. The Bertz CT molecular complexity index is 3570. The van der Waals surface area contributed by atoms with Gasteiger partial charge in [0, 0.05) is 38.3 Å². The maximum absolute atomic E-state index is 2.45. The molecule has 0 aliphatic heterocycles. The number of fused-ring (bicyclic) bond motifs is 6. The minimum absolute atomic E-state index is 0.0630. The largest absolute Gasteiger partial charge is 0.309 e. The Balaban J connectivity index is 1.04. The van der Waals surface area contributed by atoms with E-state index < -0.39 is 0 Å². The molecule has 2 nitrogen and oxygen atoms in total. The Kier molecular flexibility index (Phi) is 8.72. The Labute approximate surface area is 368 Å². The van der Waals surface area contributed by atoms with Crippen LogP contribution in [0.5, 0.6) is 0 Å². The lowest BCUT2D eigenvalue weighted by Gasteiger charge is -2.27. The van der Waals surface area contributed by atoms with Crippen LogP contribution in [-0.2, 0) is 5.41 Å². The van der Waals surface area contributed by atoms with Crippen molar-refractivity contribution >= 4 is 43.6 Å². The van der Waals surface area contributed by atoms with Crippen molar-refractivity contribution in [1.29, 1.82) is 0 Å². The standard InChI is InChI=1S/C61H44N2/c1-61(35-12-5-13-36-61)50-28-34-59-56(41-50)55-39-48(27-33-58(55)62(59)51-29-23-45(24-30-51)42-15-6-2-7-16-42)47-26-32-57-54(38-47)53-31-25-49(44-19-10-4-11-20-44)40-60(53)63(57)52-22-14-21-46(37-52)43-17-8-3-9-18-43/h2-35,37-41H,36H2,1H3. The molecule has 0 saturated carbocycles. The second kappa shape index (κ2) is 14.9. The minimum atomic E-state index is -0.0630. The highest BCUT2D eigenvalue weighted by Gasteiger charge is 2.25. The van der Waals surface area contributed by atoms with E-state index >= 15 is 0 Å². The topological polar surface area (TPSA) is 9.86 Å². The summed E-state index contributed by atoms with van der Waals surface area (Å²) >= 11 is 0. The van der Waals surface area contributed by atoms with E-state index in [1.807, 2.05) is 0 Å². The summed E-state index contributed by atoms with van der Waals surface area (Å²) in [6, 6.07) is 78.2. The van der Waals surface area contributed by atoms with Gasteiger partial charge in [-0.2, -0.15) is 0 Å². The third kappa shape index (κ3) is 6.34. The first-order valence-electron chi connectivity index (χ1n) is 22.0. The predicted octanol–water partition coefficient (Wildman–Crippen LogP) is 16.3. The van der Waals surface area contributed by atoms with Crippen LogP contribution in [0.3, 0.4) is 0 Å². The maximum Gasteiger partial charge on any atom is 0.0547 e. The zero-order chi connectivity index (χ0) is 41.9. The molecule has 2 heterocycles. The SMILES string of the molecule is CC1(c2ccc3c(c2)c2cc(-c4ccc5c(c4)c4ccc(-c6ccccc6)cc4n5-c4cccc(-c5ccccc5)c4)ccc2n3-c2ccc(-c3ccccc3)cc2)C=CC=CC1. The molecule has 11 aromatic rings. The summed E-state index contributed by atoms with van der Waals surface area (Å²) in [5, 5.41) is 5.00. The number of rotatable bonds is 7. The van der Waals surface area contributed by atoms with Crippen molar-refractivity contribution in [3.63, 3.8) is 0 Å². The Morgan fingerprint density at radius 1 is 0.333 bits per heavy atom. The lowest BCUT2D eigenvalue weighted by atomic mass is 9.77. The smallest absolute Gasteiger partial charge is 0.0547 e. The summed E-state index contributed by atoms with van der Waals surface area (Å²) in [6.07, 6.45) is 9.98. The number of allylic oxidation sites excluding steroid dienone is 4. The fourth-order valence-corrected chi connectivity index (χ4v) is 9.96. The molecule has 0 radical (unpaired) electrons. The molecule has 0 bridgehead atoms. The van der Waals surface area contributed by atoms with E-state index in [1.165, 1.54) is 93.7 Å². The molecule has 12 rings (SSSR count). The molecule has 1 aliphatic rings. The van der Waals surface area contributed by atoms with Crippen LogP contribution in [0.15, 0.2) is 237 Å². The molecule has 2 heteroatoms. The van der Waals surface area contributed by atoms with Crippen molar-refractivity contribution in [2.75, 3.05) is 0 Å². The summed E-state index contributed by atoms with van der Waals surface area (Å²) in [5.41, 5.74) is 18.0. The molecule has 2 aromatic heterocycles. The molecule has 1 aliphatic carbocycles. The maximum atomic E-state index is 2.45. The summed E-state index contributed by atoms with van der Waals surface area (Å²) < 4.78 is 4.89. The van der Waals surface area contributed by atoms with Crippen molar-refractivity contribution in [2.24, 2.45) is 0 Å². The number of nitrogens with zero attached hydrogens (tertiary/aromatic N) is 2. The van der Waals surface area contributed by atoms with Crippen molar-refractivity contribution in [2.45, 2.75) is 18.8 Å². The van der Waals surface area contributed by atoms with Gasteiger partial charge in [-0.25, -0.2) is 0 Å². The highest BCUT2D eigenvalue weighted by atomic mass is 15.0. The summed E-state index contributed by atoms with van der Waals surface area (Å²) in [7, 11) is 0. The minimum Gasteiger partial charge on any atom is -0.309 e. The zero-order valence-corrected chi connectivity index (χ0v) is 35.1. The molecule has 1 unspecified atom stereocenters. The summed E-state index contributed by atoms with van der Waals surface area (Å²) in [4.78, 5) is 0. The van der Waals surface area contributed by atoms with Gasteiger partial charge in [-0.05, 0) is 123 Å². The van der Waals surface area contributed by atoms with Crippen LogP contribution in [-0.4, -0.2) is 9.13 Å². The van der Waals surface area contributed by atoms with E-state index in [0.717, 1.165) is 17.8 Å². The molecule has 63 heavy (non-hydrogen) atoms. The molecule has 9 aromatic carbocycles. The van der Waals surface area contributed by atoms with Crippen LogP contribution in [0.1, 0.15) is 18.9 Å². The highest BCUT2D eigenvalue weighted by molar-refractivity contribution is 6.13. The Morgan fingerprint density at radius 3 is 1.43 bits per heavy atom. The van der Waals surface area contributed by atoms with Gasteiger partial charge < -0.3 is 9.13 Å². The molecule has 0 spiro atoms. The van der Waals surface area contributed by atoms with Gasteiger partial charge in [0.05, 0.1) is 22.1 Å². The van der Waals surface area contributed by atoms with Crippen LogP contribution in [0, 0.1) is 0 Å². The van der Waals surface area contributed by atoms with Crippen LogP contribution in [0.25, 0.3) is 99.5 Å². The van der Waals surface area contributed by atoms with Crippen LogP contribution in [0.4, 0.5) is 0 Å². The van der Waals surface area contributed by atoms with Gasteiger partial charge in [0.1, 0.15) is 0 Å². The molecule has 0 amide bonds. The average Bonchev–Trinajstić information content (AvgIpc) is 3.86.